The molecule has 0 bridgehead atoms. The zero-order valence-corrected chi connectivity index (χ0v) is 9.90. The van der Waals surface area contributed by atoms with Crippen LogP contribution in [0, 0.1) is 0 Å². The van der Waals surface area contributed by atoms with Crippen LogP contribution >= 0.6 is 0 Å². The molecule has 100 valence electrons. The summed E-state index contributed by atoms with van der Waals surface area (Å²) < 4.78 is 0. The number of rotatable bonds is 0. The predicted molar refractivity (Wildman–Crippen MR) is 70.2 cm³/mol. The number of carbonyl (C=O) groups is 2. The topological polar surface area (TPSA) is 127 Å². The van der Waals surface area contributed by atoms with Crippen LogP contribution in [0.25, 0.3) is 0 Å². The molecule has 0 saturated carbocycles. The molecule has 2 rings (SSSR count). The third kappa shape index (κ3) is 37.5. The van der Waals surface area contributed by atoms with Crippen LogP contribution in [0.1, 0.15) is 12.8 Å². The number of nitrogens with two attached hydrogens (primary N) is 2. The highest BCUT2D eigenvalue weighted by atomic mass is 16.4. The fourth-order valence-corrected chi connectivity index (χ4v) is 0.786. The molecule has 0 fully saturated rings. The number of primary amides is 2. The maximum Gasteiger partial charge on any atom is 0.402 e. The summed E-state index contributed by atoms with van der Waals surface area (Å²) in [6.07, 6.45) is 16.3. The predicted octanol–water partition coefficient (Wildman–Crippen LogP) is 2.25. The molecule has 0 aromatic carbocycles. The van der Waals surface area contributed by atoms with Crippen molar-refractivity contribution in [3.05, 3.63) is 48.6 Å². The lowest BCUT2D eigenvalue weighted by molar-refractivity contribution is 0.204. The van der Waals surface area contributed by atoms with Gasteiger partial charge in [-0.3, -0.25) is 0 Å². The summed E-state index contributed by atoms with van der Waals surface area (Å²) >= 11 is 0. The summed E-state index contributed by atoms with van der Waals surface area (Å²) in [4.78, 5) is 17.6. The molecule has 18 heavy (non-hydrogen) atoms. The lowest BCUT2D eigenvalue weighted by Crippen LogP contribution is -2.03. The molecular formula is C12H18N2O4. The van der Waals surface area contributed by atoms with E-state index in [1.165, 1.54) is 0 Å². The first-order chi connectivity index (χ1) is 8.46. The second-order valence-electron chi connectivity index (χ2n) is 2.86. The zero-order valence-electron chi connectivity index (χ0n) is 9.90. The smallest absolute Gasteiger partial charge is 0.402 e. The van der Waals surface area contributed by atoms with E-state index in [2.05, 4.69) is 60.1 Å². The van der Waals surface area contributed by atoms with Gasteiger partial charge in [0.05, 0.1) is 0 Å². The van der Waals surface area contributed by atoms with Gasteiger partial charge in [0.2, 0.25) is 0 Å². The van der Waals surface area contributed by atoms with Gasteiger partial charge >= 0.3 is 12.2 Å². The van der Waals surface area contributed by atoms with Crippen LogP contribution in [-0.2, 0) is 0 Å². The normalized spacial score (nSPS) is 12.4. The van der Waals surface area contributed by atoms with Gasteiger partial charge < -0.3 is 21.7 Å². The van der Waals surface area contributed by atoms with E-state index in [1.807, 2.05) is 0 Å². The standard InChI is InChI=1S/2C5H6.2CH3NO2/c2*1-2-4-5-3-1;2*2-1(3)4/h2*1-4H,5H2;2*2H2,(H,3,4). The third-order valence-corrected chi connectivity index (χ3v) is 1.31. The van der Waals surface area contributed by atoms with Gasteiger partial charge in [0.15, 0.2) is 0 Å². The highest BCUT2D eigenvalue weighted by Crippen LogP contribution is 1.93. The summed E-state index contributed by atoms with van der Waals surface area (Å²) in [6, 6.07) is 0. The maximum atomic E-state index is 8.78. The van der Waals surface area contributed by atoms with Gasteiger partial charge in [0.25, 0.3) is 0 Å². The Morgan fingerprint density at radius 2 is 0.889 bits per heavy atom. The Morgan fingerprint density at radius 3 is 0.944 bits per heavy atom. The Balaban J connectivity index is 0. The zero-order chi connectivity index (χ0) is 14.2. The van der Waals surface area contributed by atoms with Crippen LogP contribution < -0.4 is 11.5 Å². The lowest BCUT2D eigenvalue weighted by Gasteiger charge is -1.61. The molecule has 6 N–H and O–H groups in total. The summed E-state index contributed by atoms with van der Waals surface area (Å²) in [6.45, 7) is 0. The van der Waals surface area contributed by atoms with Gasteiger partial charge in [-0.1, -0.05) is 48.6 Å². The Labute approximate surface area is 106 Å². The first kappa shape index (κ1) is 17.9. The van der Waals surface area contributed by atoms with Crippen LogP contribution in [0.4, 0.5) is 9.59 Å². The van der Waals surface area contributed by atoms with Crippen molar-refractivity contribution in [3.63, 3.8) is 0 Å². The van der Waals surface area contributed by atoms with E-state index in [0.29, 0.717) is 0 Å². The van der Waals surface area contributed by atoms with Gasteiger partial charge in [0.1, 0.15) is 0 Å². The molecular weight excluding hydrogens is 236 g/mol. The second kappa shape index (κ2) is 14.5. The minimum Gasteiger partial charge on any atom is -0.465 e. The molecule has 6 nitrogen and oxygen atoms in total. The highest BCUT2D eigenvalue weighted by molar-refractivity contribution is 5.61. The van der Waals surface area contributed by atoms with E-state index in [9.17, 15) is 0 Å². The molecule has 0 heterocycles. The Bertz CT molecular complexity index is 282. The van der Waals surface area contributed by atoms with Crippen LogP contribution in [0.2, 0.25) is 0 Å². The number of hydrogen-bond acceptors (Lipinski definition) is 2. The maximum absolute atomic E-state index is 8.78. The summed E-state index contributed by atoms with van der Waals surface area (Å²) in [5.74, 6) is 0. The van der Waals surface area contributed by atoms with Crippen LogP contribution in [0.5, 0.6) is 0 Å². The summed E-state index contributed by atoms with van der Waals surface area (Å²) in [5, 5.41) is 14.4. The second-order valence-corrected chi connectivity index (χ2v) is 2.86. The van der Waals surface area contributed by atoms with Gasteiger partial charge in [-0.15, -0.1) is 0 Å². The lowest BCUT2D eigenvalue weighted by atomic mass is 10.5. The van der Waals surface area contributed by atoms with Gasteiger partial charge in [-0.25, -0.2) is 9.59 Å². The third-order valence-electron chi connectivity index (χ3n) is 1.31. The molecule has 0 aliphatic heterocycles. The van der Waals surface area contributed by atoms with E-state index in [1.54, 1.807) is 0 Å². The van der Waals surface area contributed by atoms with E-state index in [4.69, 9.17) is 19.8 Å². The molecule has 2 amide bonds. The van der Waals surface area contributed by atoms with Gasteiger partial charge in [-0.2, -0.15) is 0 Å². The molecule has 0 spiro atoms. The molecule has 0 atom stereocenters. The van der Waals surface area contributed by atoms with E-state index in [-0.39, 0.29) is 0 Å². The SMILES string of the molecule is C1=CCC=C1.C1=CCC=C1.NC(=O)O.NC(=O)O. The summed E-state index contributed by atoms with van der Waals surface area (Å²) in [5.41, 5.74) is 8.06. The summed E-state index contributed by atoms with van der Waals surface area (Å²) in [7, 11) is 0. The number of allylic oxidation sites excluding steroid dienone is 8. The minimum atomic E-state index is -1.33. The molecule has 0 aromatic heterocycles. The molecule has 0 radical (unpaired) electrons. The van der Waals surface area contributed by atoms with E-state index < -0.39 is 12.2 Å². The molecule has 0 saturated heterocycles. The molecule has 2 aliphatic carbocycles. The first-order valence-corrected chi connectivity index (χ1v) is 5.07. The fourth-order valence-electron chi connectivity index (χ4n) is 0.786. The van der Waals surface area contributed by atoms with E-state index >= 15 is 0 Å². The van der Waals surface area contributed by atoms with Crippen molar-refractivity contribution in [2.45, 2.75) is 12.8 Å². The first-order valence-electron chi connectivity index (χ1n) is 5.07. The van der Waals surface area contributed by atoms with E-state index in [0.717, 1.165) is 12.8 Å². The molecule has 0 aromatic rings. The molecule has 2 aliphatic rings. The largest absolute Gasteiger partial charge is 0.465 e. The van der Waals surface area contributed by atoms with Crippen molar-refractivity contribution in [2.24, 2.45) is 11.5 Å². The number of carboxylic acid groups (broad SMARTS) is 2. The van der Waals surface area contributed by atoms with Gasteiger partial charge in [-0.05, 0) is 12.8 Å². The Morgan fingerprint density at radius 1 is 0.722 bits per heavy atom. The van der Waals surface area contributed by atoms with Crippen LogP contribution in [0.3, 0.4) is 0 Å². The number of amides is 2. The highest BCUT2D eigenvalue weighted by Gasteiger charge is 1.72. The quantitative estimate of drug-likeness (QED) is 0.528. The van der Waals surface area contributed by atoms with Gasteiger partial charge in [0, 0.05) is 0 Å². The van der Waals surface area contributed by atoms with Crippen molar-refractivity contribution >= 4 is 12.2 Å². The average Bonchev–Trinajstić information content (AvgIpc) is 2.96. The molecule has 6 heteroatoms. The minimum absolute atomic E-state index is 1.14. The number of hydrogen-bond donors (Lipinski definition) is 4. The molecule has 0 unspecified atom stereocenters. The van der Waals surface area contributed by atoms with Crippen molar-refractivity contribution in [2.75, 3.05) is 0 Å². The Hall–Kier alpha value is -2.50. The van der Waals surface area contributed by atoms with Crippen molar-refractivity contribution in [1.29, 1.82) is 0 Å². The fraction of sp³-hybridized carbons (Fsp3) is 0.167. The van der Waals surface area contributed by atoms with Crippen LogP contribution in [0.15, 0.2) is 48.6 Å². The monoisotopic (exact) mass is 254 g/mol. The van der Waals surface area contributed by atoms with Crippen molar-refractivity contribution in [3.8, 4) is 0 Å². The Kier molecular flexibility index (Phi) is 14.4. The van der Waals surface area contributed by atoms with Crippen LogP contribution in [-0.4, -0.2) is 22.4 Å². The van der Waals surface area contributed by atoms with Crippen molar-refractivity contribution < 1.29 is 19.8 Å². The van der Waals surface area contributed by atoms with Crippen molar-refractivity contribution in [1.82, 2.24) is 0 Å². The average molecular weight is 254 g/mol.